The summed E-state index contributed by atoms with van der Waals surface area (Å²) >= 11 is 0. The van der Waals surface area contributed by atoms with Crippen LogP contribution in [0.25, 0.3) is 0 Å². The second kappa shape index (κ2) is 8.54. The van der Waals surface area contributed by atoms with Gasteiger partial charge in [0, 0.05) is 32.2 Å². The zero-order chi connectivity index (χ0) is 14.3. The summed E-state index contributed by atoms with van der Waals surface area (Å²) in [4.78, 5) is 16.6. The molecule has 19 heavy (non-hydrogen) atoms. The number of carbonyl (C=O) groups is 1. The van der Waals surface area contributed by atoms with Gasteiger partial charge in [-0.25, -0.2) is 0 Å². The highest BCUT2D eigenvalue weighted by Gasteiger charge is 2.24. The Labute approximate surface area is 118 Å². The second-order valence-corrected chi connectivity index (χ2v) is 5.77. The molecule has 0 aromatic rings. The predicted octanol–water partition coefficient (Wildman–Crippen LogP) is 1.71. The lowest BCUT2D eigenvalue weighted by Crippen LogP contribution is -2.48. The van der Waals surface area contributed by atoms with Crippen LogP contribution in [-0.4, -0.2) is 61.0 Å². The number of amides is 1. The van der Waals surface area contributed by atoms with Crippen molar-refractivity contribution in [2.45, 2.75) is 58.5 Å². The van der Waals surface area contributed by atoms with Gasteiger partial charge in [-0.2, -0.15) is 0 Å². The van der Waals surface area contributed by atoms with Crippen LogP contribution >= 0.6 is 0 Å². The van der Waals surface area contributed by atoms with Crippen molar-refractivity contribution in [2.75, 3.05) is 33.2 Å². The van der Waals surface area contributed by atoms with E-state index in [0.29, 0.717) is 18.6 Å². The molecule has 0 saturated carbocycles. The molecular formula is C15H31N3O. The van der Waals surface area contributed by atoms with Gasteiger partial charge in [0.25, 0.3) is 0 Å². The number of carbonyl (C=O) groups excluding carboxylic acids is 1. The van der Waals surface area contributed by atoms with E-state index in [1.807, 2.05) is 11.9 Å². The molecule has 0 bridgehead atoms. The predicted molar refractivity (Wildman–Crippen MR) is 80.3 cm³/mol. The summed E-state index contributed by atoms with van der Waals surface area (Å²) in [7, 11) is 1.96. The number of rotatable bonds is 7. The average Bonchev–Trinajstić information content (AvgIpc) is 2.44. The third-order valence-corrected chi connectivity index (χ3v) is 4.25. The number of hydrogen-bond acceptors (Lipinski definition) is 3. The first kappa shape index (κ1) is 16.4. The first-order chi connectivity index (χ1) is 9.08. The summed E-state index contributed by atoms with van der Waals surface area (Å²) < 4.78 is 0. The van der Waals surface area contributed by atoms with Crippen LogP contribution in [0.4, 0.5) is 0 Å². The highest BCUT2D eigenvalue weighted by Crippen LogP contribution is 2.15. The highest BCUT2D eigenvalue weighted by molar-refractivity contribution is 5.78. The first-order valence-electron chi connectivity index (χ1n) is 7.79. The quantitative estimate of drug-likeness (QED) is 0.764. The second-order valence-electron chi connectivity index (χ2n) is 5.77. The molecule has 1 aliphatic rings. The average molecular weight is 269 g/mol. The van der Waals surface area contributed by atoms with Gasteiger partial charge in [0.05, 0.1) is 6.54 Å². The largest absolute Gasteiger partial charge is 0.342 e. The van der Waals surface area contributed by atoms with Gasteiger partial charge in [-0.1, -0.05) is 13.8 Å². The summed E-state index contributed by atoms with van der Waals surface area (Å²) in [6.07, 6.45) is 4.52. The van der Waals surface area contributed by atoms with Gasteiger partial charge in [0.1, 0.15) is 0 Å². The Kier molecular flexibility index (Phi) is 7.39. The maximum absolute atomic E-state index is 12.1. The van der Waals surface area contributed by atoms with E-state index < -0.39 is 0 Å². The lowest BCUT2D eigenvalue weighted by molar-refractivity contribution is -0.132. The van der Waals surface area contributed by atoms with Gasteiger partial charge in [-0.15, -0.1) is 0 Å². The molecule has 1 saturated heterocycles. The molecule has 0 aromatic heterocycles. The molecule has 0 aromatic carbocycles. The number of likely N-dealkylation sites (tertiary alicyclic amines) is 1. The number of likely N-dealkylation sites (N-methyl/N-ethyl adjacent to an activating group) is 1. The van der Waals surface area contributed by atoms with Gasteiger partial charge in [-0.05, 0) is 39.2 Å². The van der Waals surface area contributed by atoms with Crippen LogP contribution in [0.15, 0.2) is 0 Å². The minimum atomic E-state index is 0.231. The first-order valence-corrected chi connectivity index (χ1v) is 7.79. The maximum atomic E-state index is 12.1. The minimum Gasteiger partial charge on any atom is -0.342 e. The topological polar surface area (TPSA) is 35.6 Å². The van der Waals surface area contributed by atoms with E-state index in [-0.39, 0.29) is 5.91 Å². The van der Waals surface area contributed by atoms with Crippen LogP contribution in [0.3, 0.4) is 0 Å². The lowest BCUT2D eigenvalue weighted by atomic mass is 10.0. The van der Waals surface area contributed by atoms with E-state index in [4.69, 9.17) is 0 Å². The normalized spacial score (nSPS) is 19.4. The van der Waals surface area contributed by atoms with E-state index in [0.717, 1.165) is 32.4 Å². The molecule has 1 N–H and O–H groups in total. The Morgan fingerprint density at radius 2 is 2.00 bits per heavy atom. The summed E-state index contributed by atoms with van der Waals surface area (Å²) in [6.45, 7) is 10.4. The number of nitrogens with zero attached hydrogens (tertiary/aromatic N) is 2. The smallest absolute Gasteiger partial charge is 0.236 e. The fourth-order valence-electron chi connectivity index (χ4n) is 2.58. The SMILES string of the molecule is CCCN1CCC(N(C)C(=O)CNC(C)CC)CC1. The lowest BCUT2D eigenvalue weighted by Gasteiger charge is -2.36. The van der Waals surface area contributed by atoms with Gasteiger partial charge < -0.3 is 15.1 Å². The molecule has 1 aliphatic heterocycles. The third kappa shape index (κ3) is 5.49. The Morgan fingerprint density at radius 1 is 1.37 bits per heavy atom. The highest BCUT2D eigenvalue weighted by atomic mass is 16.2. The van der Waals surface area contributed by atoms with Crippen molar-refractivity contribution in [2.24, 2.45) is 0 Å². The minimum absolute atomic E-state index is 0.231. The molecule has 1 fully saturated rings. The van der Waals surface area contributed by atoms with Gasteiger partial charge in [-0.3, -0.25) is 4.79 Å². The van der Waals surface area contributed by atoms with Crippen molar-refractivity contribution in [1.82, 2.24) is 15.1 Å². The molecule has 0 radical (unpaired) electrons. The zero-order valence-corrected chi connectivity index (χ0v) is 13.1. The molecule has 4 heteroatoms. The Balaban J connectivity index is 2.29. The fourth-order valence-corrected chi connectivity index (χ4v) is 2.58. The molecule has 1 atom stereocenters. The van der Waals surface area contributed by atoms with Crippen molar-refractivity contribution < 1.29 is 4.79 Å². The van der Waals surface area contributed by atoms with Crippen molar-refractivity contribution in [1.29, 1.82) is 0 Å². The number of piperidine rings is 1. The number of nitrogens with one attached hydrogen (secondary N) is 1. The monoisotopic (exact) mass is 269 g/mol. The van der Waals surface area contributed by atoms with E-state index in [1.165, 1.54) is 13.0 Å². The zero-order valence-electron chi connectivity index (χ0n) is 13.1. The molecule has 0 aliphatic carbocycles. The van der Waals surface area contributed by atoms with Crippen LogP contribution < -0.4 is 5.32 Å². The Morgan fingerprint density at radius 3 is 2.53 bits per heavy atom. The molecule has 4 nitrogen and oxygen atoms in total. The van der Waals surface area contributed by atoms with Crippen molar-refractivity contribution in [3.8, 4) is 0 Å². The van der Waals surface area contributed by atoms with E-state index in [1.54, 1.807) is 0 Å². The molecule has 1 heterocycles. The molecular weight excluding hydrogens is 238 g/mol. The van der Waals surface area contributed by atoms with Gasteiger partial charge >= 0.3 is 0 Å². The maximum Gasteiger partial charge on any atom is 0.236 e. The molecule has 112 valence electrons. The standard InChI is InChI=1S/C15H31N3O/c1-5-9-18-10-7-14(8-11-18)17(4)15(19)12-16-13(3)6-2/h13-14,16H,5-12H2,1-4H3. The Hall–Kier alpha value is -0.610. The van der Waals surface area contributed by atoms with Crippen LogP contribution in [0.2, 0.25) is 0 Å². The van der Waals surface area contributed by atoms with Gasteiger partial charge in [0.15, 0.2) is 0 Å². The fraction of sp³-hybridized carbons (Fsp3) is 0.933. The number of hydrogen-bond donors (Lipinski definition) is 1. The molecule has 1 amide bonds. The van der Waals surface area contributed by atoms with Crippen molar-refractivity contribution in [3.63, 3.8) is 0 Å². The molecule has 0 spiro atoms. The van der Waals surface area contributed by atoms with Crippen molar-refractivity contribution >= 4 is 5.91 Å². The molecule has 1 unspecified atom stereocenters. The van der Waals surface area contributed by atoms with E-state index in [2.05, 4.69) is 31.0 Å². The van der Waals surface area contributed by atoms with E-state index in [9.17, 15) is 4.79 Å². The summed E-state index contributed by atoms with van der Waals surface area (Å²) in [6, 6.07) is 0.850. The summed E-state index contributed by atoms with van der Waals surface area (Å²) in [5.41, 5.74) is 0. The molecule has 1 rings (SSSR count). The van der Waals surface area contributed by atoms with Crippen LogP contribution in [0.1, 0.15) is 46.5 Å². The van der Waals surface area contributed by atoms with Gasteiger partial charge in [0.2, 0.25) is 5.91 Å². The summed E-state index contributed by atoms with van der Waals surface area (Å²) in [5.74, 6) is 0.231. The van der Waals surface area contributed by atoms with Crippen molar-refractivity contribution in [3.05, 3.63) is 0 Å². The van der Waals surface area contributed by atoms with Crippen LogP contribution in [0, 0.1) is 0 Å². The summed E-state index contributed by atoms with van der Waals surface area (Å²) in [5, 5.41) is 3.28. The van der Waals surface area contributed by atoms with Crippen LogP contribution in [-0.2, 0) is 4.79 Å². The van der Waals surface area contributed by atoms with E-state index >= 15 is 0 Å². The van der Waals surface area contributed by atoms with Crippen LogP contribution in [0.5, 0.6) is 0 Å². The Bertz CT molecular complexity index is 262. The third-order valence-electron chi connectivity index (χ3n) is 4.25.